The van der Waals surface area contributed by atoms with E-state index in [4.69, 9.17) is 9.47 Å². The average Bonchev–Trinajstić information content (AvgIpc) is 2.88. The molecule has 1 heterocycles. The monoisotopic (exact) mass is 255 g/mol. The summed E-state index contributed by atoms with van der Waals surface area (Å²) in [6, 6.07) is 0. The molecule has 0 radical (unpaired) electrons. The molecule has 0 aromatic heterocycles. The molecule has 0 aromatic carbocycles. The molecule has 3 nitrogen and oxygen atoms in total. The molecule has 1 rings (SSSR count). The zero-order valence-electron chi connectivity index (χ0n) is 12.0. The minimum atomic E-state index is 0.187. The van der Waals surface area contributed by atoms with Gasteiger partial charge in [0.1, 0.15) is 0 Å². The van der Waals surface area contributed by atoms with E-state index in [1.165, 1.54) is 32.1 Å². The van der Waals surface area contributed by atoms with Crippen LogP contribution in [0.5, 0.6) is 0 Å². The molecule has 0 aliphatic carbocycles. The summed E-state index contributed by atoms with van der Waals surface area (Å²) in [4.78, 5) is 0. The predicted octanol–water partition coefficient (Wildman–Crippen LogP) is 2.76. The first kappa shape index (κ1) is 15.7. The zero-order chi connectivity index (χ0) is 13.3. The van der Waals surface area contributed by atoms with Gasteiger partial charge in [-0.05, 0) is 37.5 Å². The van der Waals surface area contributed by atoms with E-state index in [0.29, 0.717) is 6.10 Å². The van der Waals surface area contributed by atoms with E-state index in [-0.39, 0.29) is 5.41 Å². The van der Waals surface area contributed by atoms with Gasteiger partial charge in [-0.2, -0.15) is 0 Å². The predicted molar refractivity (Wildman–Crippen MR) is 75.9 cm³/mol. The van der Waals surface area contributed by atoms with Crippen LogP contribution >= 0.6 is 0 Å². The summed E-state index contributed by atoms with van der Waals surface area (Å²) < 4.78 is 10.7. The van der Waals surface area contributed by atoms with Crippen molar-refractivity contribution in [2.24, 2.45) is 5.41 Å². The Labute approximate surface area is 112 Å². The Hall–Kier alpha value is -0.380. The number of nitrogens with one attached hydrogen (secondary N) is 1. The van der Waals surface area contributed by atoms with Gasteiger partial charge in [-0.15, -0.1) is 6.58 Å². The van der Waals surface area contributed by atoms with Gasteiger partial charge in [-0.3, -0.25) is 0 Å². The highest BCUT2D eigenvalue weighted by atomic mass is 16.5. The van der Waals surface area contributed by atoms with Gasteiger partial charge in [0.2, 0.25) is 0 Å². The van der Waals surface area contributed by atoms with Gasteiger partial charge in [0, 0.05) is 26.8 Å². The van der Waals surface area contributed by atoms with Crippen molar-refractivity contribution in [2.75, 3.05) is 33.4 Å². The second-order valence-electron chi connectivity index (χ2n) is 5.55. The van der Waals surface area contributed by atoms with Crippen molar-refractivity contribution in [3.8, 4) is 0 Å². The van der Waals surface area contributed by atoms with Crippen molar-refractivity contribution in [3.05, 3.63) is 12.7 Å². The second-order valence-corrected chi connectivity index (χ2v) is 5.55. The molecule has 2 atom stereocenters. The molecule has 2 unspecified atom stereocenters. The third-order valence-electron chi connectivity index (χ3n) is 3.80. The first-order valence-corrected chi connectivity index (χ1v) is 7.15. The smallest absolute Gasteiger partial charge is 0.0587 e. The fourth-order valence-electron chi connectivity index (χ4n) is 2.42. The summed E-state index contributed by atoms with van der Waals surface area (Å²) in [6.07, 6.45) is 8.68. The van der Waals surface area contributed by atoms with E-state index < -0.39 is 0 Å². The number of rotatable bonds is 10. The SMILES string of the molecule is C=CC(C)(CCCC1CCCO1)CNCCOC. The lowest BCUT2D eigenvalue weighted by atomic mass is 9.84. The standard InChI is InChI=1S/C15H29NO2/c1-4-15(2,13-16-10-12-17-3)9-5-7-14-8-6-11-18-14/h4,14,16H,1,5-13H2,2-3H3. The Morgan fingerprint density at radius 1 is 1.56 bits per heavy atom. The quantitative estimate of drug-likeness (QED) is 0.481. The molecule has 1 saturated heterocycles. The third-order valence-corrected chi connectivity index (χ3v) is 3.80. The molecule has 0 bridgehead atoms. The average molecular weight is 255 g/mol. The fraction of sp³-hybridized carbons (Fsp3) is 0.867. The summed E-state index contributed by atoms with van der Waals surface area (Å²) in [7, 11) is 1.73. The summed E-state index contributed by atoms with van der Waals surface area (Å²) in [6.45, 7) is 9.87. The normalized spacial score (nSPS) is 22.9. The van der Waals surface area contributed by atoms with Crippen LogP contribution in [0.3, 0.4) is 0 Å². The van der Waals surface area contributed by atoms with Crippen molar-refractivity contribution in [2.45, 2.75) is 45.1 Å². The van der Waals surface area contributed by atoms with Gasteiger partial charge < -0.3 is 14.8 Å². The van der Waals surface area contributed by atoms with Gasteiger partial charge in [0.05, 0.1) is 12.7 Å². The molecule has 0 amide bonds. The Morgan fingerprint density at radius 2 is 2.39 bits per heavy atom. The van der Waals surface area contributed by atoms with E-state index in [0.717, 1.165) is 26.3 Å². The Balaban J connectivity index is 2.15. The molecule has 1 N–H and O–H groups in total. The van der Waals surface area contributed by atoms with Crippen molar-refractivity contribution in [3.63, 3.8) is 0 Å². The number of hydrogen-bond acceptors (Lipinski definition) is 3. The van der Waals surface area contributed by atoms with Crippen LogP contribution in [0.15, 0.2) is 12.7 Å². The highest BCUT2D eigenvalue weighted by Gasteiger charge is 2.21. The Bertz CT molecular complexity index is 227. The number of ether oxygens (including phenoxy) is 2. The lowest BCUT2D eigenvalue weighted by Gasteiger charge is -2.26. The van der Waals surface area contributed by atoms with Crippen LogP contribution in [-0.4, -0.2) is 39.5 Å². The summed E-state index contributed by atoms with van der Waals surface area (Å²) in [5.74, 6) is 0. The molecular formula is C15H29NO2. The lowest BCUT2D eigenvalue weighted by molar-refractivity contribution is 0.0994. The second kappa shape index (κ2) is 8.68. The highest BCUT2D eigenvalue weighted by molar-refractivity contribution is 4.93. The van der Waals surface area contributed by atoms with E-state index in [1.807, 2.05) is 0 Å². The van der Waals surface area contributed by atoms with Gasteiger partial charge in [0.25, 0.3) is 0 Å². The Kier molecular flexibility index (Phi) is 7.56. The highest BCUT2D eigenvalue weighted by Crippen LogP contribution is 2.27. The maximum absolute atomic E-state index is 5.66. The van der Waals surface area contributed by atoms with E-state index >= 15 is 0 Å². The summed E-state index contributed by atoms with van der Waals surface area (Å²) in [5, 5.41) is 3.43. The third kappa shape index (κ3) is 5.98. The van der Waals surface area contributed by atoms with Crippen LogP contribution in [0.25, 0.3) is 0 Å². The van der Waals surface area contributed by atoms with Crippen LogP contribution in [0.1, 0.15) is 39.0 Å². The molecule has 1 fully saturated rings. The molecule has 0 saturated carbocycles. The van der Waals surface area contributed by atoms with Gasteiger partial charge in [0.15, 0.2) is 0 Å². The molecule has 18 heavy (non-hydrogen) atoms. The fourth-order valence-corrected chi connectivity index (χ4v) is 2.42. The number of methoxy groups -OCH3 is 1. The molecule has 106 valence electrons. The zero-order valence-corrected chi connectivity index (χ0v) is 12.0. The summed E-state index contributed by atoms with van der Waals surface area (Å²) in [5.41, 5.74) is 0.187. The Morgan fingerprint density at radius 3 is 3.00 bits per heavy atom. The van der Waals surface area contributed by atoms with Gasteiger partial charge in [-0.25, -0.2) is 0 Å². The molecular weight excluding hydrogens is 226 g/mol. The van der Waals surface area contributed by atoms with Gasteiger partial charge >= 0.3 is 0 Å². The van der Waals surface area contributed by atoms with Crippen molar-refractivity contribution >= 4 is 0 Å². The van der Waals surface area contributed by atoms with Crippen molar-refractivity contribution in [1.82, 2.24) is 5.32 Å². The maximum atomic E-state index is 5.66. The van der Waals surface area contributed by atoms with Crippen molar-refractivity contribution < 1.29 is 9.47 Å². The topological polar surface area (TPSA) is 30.5 Å². The molecule has 1 aliphatic rings. The number of hydrogen-bond donors (Lipinski definition) is 1. The van der Waals surface area contributed by atoms with Crippen LogP contribution in [0, 0.1) is 5.41 Å². The molecule has 3 heteroatoms. The lowest BCUT2D eigenvalue weighted by Crippen LogP contribution is -2.32. The van der Waals surface area contributed by atoms with Crippen LogP contribution in [-0.2, 0) is 9.47 Å². The minimum absolute atomic E-state index is 0.187. The van der Waals surface area contributed by atoms with E-state index in [1.54, 1.807) is 7.11 Å². The first-order valence-electron chi connectivity index (χ1n) is 7.15. The van der Waals surface area contributed by atoms with E-state index in [9.17, 15) is 0 Å². The molecule has 0 spiro atoms. The first-order chi connectivity index (χ1) is 8.70. The van der Waals surface area contributed by atoms with Crippen LogP contribution < -0.4 is 5.32 Å². The van der Waals surface area contributed by atoms with Crippen LogP contribution in [0.2, 0.25) is 0 Å². The van der Waals surface area contributed by atoms with Gasteiger partial charge in [-0.1, -0.05) is 13.0 Å². The van der Waals surface area contributed by atoms with Crippen molar-refractivity contribution in [1.29, 1.82) is 0 Å². The minimum Gasteiger partial charge on any atom is -0.383 e. The van der Waals surface area contributed by atoms with E-state index in [2.05, 4.69) is 24.9 Å². The largest absolute Gasteiger partial charge is 0.383 e. The molecule has 1 aliphatic heterocycles. The molecule has 0 aromatic rings. The summed E-state index contributed by atoms with van der Waals surface area (Å²) >= 11 is 0. The van der Waals surface area contributed by atoms with Crippen LogP contribution in [0.4, 0.5) is 0 Å². The maximum Gasteiger partial charge on any atom is 0.0587 e.